The van der Waals surface area contributed by atoms with Crippen molar-refractivity contribution in [3.63, 3.8) is 0 Å². The number of rotatable bonds is 7. The average molecular weight is 431 g/mol. The zero-order valence-corrected chi connectivity index (χ0v) is 16.4. The van der Waals surface area contributed by atoms with Crippen molar-refractivity contribution in [2.24, 2.45) is 0 Å². The molecule has 0 radical (unpaired) electrons. The Morgan fingerprint density at radius 2 is 1.76 bits per heavy atom. The van der Waals surface area contributed by atoms with Gasteiger partial charge in [-0.05, 0) is 74.9 Å². The molecule has 0 aliphatic rings. The van der Waals surface area contributed by atoms with Crippen molar-refractivity contribution in [2.75, 3.05) is 6.54 Å². The Hall–Kier alpha value is -0.160. The van der Waals surface area contributed by atoms with Gasteiger partial charge in [0.25, 0.3) is 0 Å². The minimum Gasteiger partial charge on any atom is -0.309 e. The Balaban J connectivity index is 2.15. The molecule has 1 aromatic carbocycles. The van der Waals surface area contributed by atoms with E-state index < -0.39 is 0 Å². The van der Waals surface area contributed by atoms with Gasteiger partial charge in [0, 0.05) is 15.4 Å². The lowest BCUT2D eigenvalue weighted by molar-refractivity contribution is 0.536. The average Bonchev–Trinajstić information content (AvgIpc) is 2.83. The van der Waals surface area contributed by atoms with Crippen LogP contribution in [0.25, 0.3) is 0 Å². The number of nitrogens with one attached hydrogen (secondary N) is 1. The molecule has 0 amide bonds. The van der Waals surface area contributed by atoms with Crippen LogP contribution >= 0.6 is 43.2 Å². The van der Waals surface area contributed by atoms with Gasteiger partial charge in [0.15, 0.2) is 0 Å². The van der Waals surface area contributed by atoms with E-state index in [-0.39, 0.29) is 0 Å². The molecule has 0 aliphatic carbocycles. The van der Waals surface area contributed by atoms with Crippen LogP contribution in [0.15, 0.2) is 38.6 Å². The summed E-state index contributed by atoms with van der Waals surface area (Å²) in [6.07, 6.45) is 3.28. The number of halogens is 2. The van der Waals surface area contributed by atoms with Crippen molar-refractivity contribution < 1.29 is 0 Å². The summed E-state index contributed by atoms with van der Waals surface area (Å²) in [6, 6.07) is 11.6. The summed E-state index contributed by atoms with van der Waals surface area (Å²) in [4.78, 5) is 1.38. The van der Waals surface area contributed by atoms with Gasteiger partial charge in [-0.25, -0.2) is 0 Å². The Morgan fingerprint density at radius 3 is 2.29 bits per heavy atom. The SMILES string of the molecule is CCCNC(Cc1ccc(CC)cc1)c1cc(Br)c(Br)s1. The van der Waals surface area contributed by atoms with E-state index in [1.54, 1.807) is 0 Å². The van der Waals surface area contributed by atoms with E-state index in [1.807, 2.05) is 11.3 Å². The molecule has 1 heterocycles. The molecule has 0 bridgehead atoms. The van der Waals surface area contributed by atoms with Crippen LogP contribution in [0.4, 0.5) is 0 Å². The van der Waals surface area contributed by atoms with Gasteiger partial charge in [-0.1, -0.05) is 38.1 Å². The summed E-state index contributed by atoms with van der Waals surface area (Å²) >= 11 is 9.00. The fraction of sp³-hybridized carbons (Fsp3) is 0.412. The van der Waals surface area contributed by atoms with Gasteiger partial charge in [-0.15, -0.1) is 11.3 Å². The maximum Gasteiger partial charge on any atom is 0.0843 e. The Kier molecular flexibility index (Phi) is 6.93. The summed E-state index contributed by atoms with van der Waals surface area (Å²) in [7, 11) is 0. The predicted molar refractivity (Wildman–Crippen MR) is 100 cm³/mol. The quantitative estimate of drug-likeness (QED) is 0.557. The zero-order chi connectivity index (χ0) is 15.2. The van der Waals surface area contributed by atoms with E-state index >= 15 is 0 Å². The molecular weight excluding hydrogens is 410 g/mol. The lowest BCUT2D eigenvalue weighted by Crippen LogP contribution is -2.23. The second-order valence-electron chi connectivity index (χ2n) is 5.15. The molecule has 1 atom stereocenters. The molecule has 0 spiro atoms. The Labute approximate surface area is 148 Å². The minimum atomic E-state index is 0.380. The molecule has 21 heavy (non-hydrogen) atoms. The molecular formula is C17H21Br2NS. The number of benzene rings is 1. The number of hydrogen-bond acceptors (Lipinski definition) is 2. The zero-order valence-electron chi connectivity index (χ0n) is 12.5. The monoisotopic (exact) mass is 429 g/mol. The van der Waals surface area contributed by atoms with E-state index in [1.165, 1.54) is 19.8 Å². The van der Waals surface area contributed by atoms with Crippen LogP contribution in [-0.2, 0) is 12.8 Å². The van der Waals surface area contributed by atoms with E-state index in [4.69, 9.17) is 0 Å². The predicted octanol–water partition coefficient (Wildman–Crippen LogP) is 6.12. The lowest BCUT2D eigenvalue weighted by atomic mass is 10.0. The Bertz CT molecular complexity index is 543. The highest BCUT2D eigenvalue weighted by Crippen LogP contribution is 2.36. The van der Waals surface area contributed by atoms with Crippen molar-refractivity contribution in [3.05, 3.63) is 54.6 Å². The summed E-state index contributed by atoms with van der Waals surface area (Å²) < 4.78 is 2.31. The summed E-state index contributed by atoms with van der Waals surface area (Å²) in [5, 5.41) is 3.67. The summed E-state index contributed by atoms with van der Waals surface area (Å²) in [6.45, 7) is 5.45. The lowest BCUT2D eigenvalue weighted by Gasteiger charge is -2.17. The van der Waals surface area contributed by atoms with E-state index in [2.05, 4.69) is 81.4 Å². The fourth-order valence-corrected chi connectivity index (χ4v) is 4.44. The second kappa shape index (κ2) is 8.47. The van der Waals surface area contributed by atoms with Crippen LogP contribution in [0.5, 0.6) is 0 Å². The van der Waals surface area contributed by atoms with Crippen LogP contribution < -0.4 is 5.32 Å². The van der Waals surface area contributed by atoms with E-state index in [0.717, 1.165) is 30.3 Å². The molecule has 0 fully saturated rings. The largest absolute Gasteiger partial charge is 0.309 e. The first-order valence-corrected chi connectivity index (χ1v) is 9.80. The maximum atomic E-state index is 3.67. The third-order valence-corrected chi connectivity index (χ3v) is 6.89. The molecule has 4 heteroatoms. The summed E-state index contributed by atoms with van der Waals surface area (Å²) in [5.74, 6) is 0. The first-order valence-electron chi connectivity index (χ1n) is 7.40. The first-order chi connectivity index (χ1) is 10.1. The molecule has 2 aromatic rings. The number of hydrogen-bond donors (Lipinski definition) is 1. The topological polar surface area (TPSA) is 12.0 Å². The fourth-order valence-electron chi connectivity index (χ4n) is 2.27. The van der Waals surface area contributed by atoms with Gasteiger partial charge in [-0.2, -0.15) is 0 Å². The highest BCUT2D eigenvalue weighted by atomic mass is 79.9. The Morgan fingerprint density at radius 1 is 1.10 bits per heavy atom. The van der Waals surface area contributed by atoms with Crippen LogP contribution in [0.3, 0.4) is 0 Å². The minimum absolute atomic E-state index is 0.380. The van der Waals surface area contributed by atoms with Gasteiger partial charge in [0.2, 0.25) is 0 Å². The van der Waals surface area contributed by atoms with Gasteiger partial charge in [0.05, 0.1) is 3.79 Å². The third kappa shape index (κ3) is 4.92. The van der Waals surface area contributed by atoms with Crippen LogP contribution in [0, 0.1) is 0 Å². The van der Waals surface area contributed by atoms with Crippen molar-refractivity contribution in [1.29, 1.82) is 0 Å². The van der Waals surface area contributed by atoms with Gasteiger partial charge in [-0.3, -0.25) is 0 Å². The molecule has 1 unspecified atom stereocenters. The highest BCUT2D eigenvalue weighted by molar-refractivity contribution is 9.13. The van der Waals surface area contributed by atoms with Crippen LogP contribution in [0.1, 0.15) is 42.3 Å². The number of thiophene rings is 1. The standard InChI is InChI=1S/C17H21Br2NS/c1-3-9-20-15(16-11-14(18)17(19)21-16)10-13-7-5-12(4-2)6-8-13/h5-8,11,15,20H,3-4,9-10H2,1-2H3. The molecule has 1 aromatic heterocycles. The smallest absolute Gasteiger partial charge is 0.0843 e. The van der Waals surface area contributed by atoms with Crippen molar-refractivity contribution in [2.45, 2.75) is 39.2 Å². The first kappa shape index (κ1) is 17.2. The van der Waals surface area contributed by atoms with E-state index in [9.17, 15) is 0 Å². The van der Waals surface area contributed by atoms with Crippen molar-refractivity contribution in [1.82, 2.24) is 5.32 Å². The molecule has 0 aliphatic heterocycles. The van der Waals surface area contributed by atoms with Gasteiger partial charge >= 0.3 is 0 Å². The molecule has 0 saturated carbocycles. The maximum absolute atomic E-state index is 3.67. The third-order valence-electron chi connectivity index (χ3n) is 3.52. The molecule has 1 nitrogen and oxygen atoms in total. The number of aryl methyl sites for hydroxylation is 1. The van der Waals surface area contributed by atoms with Gasteiger partial charge in [0.1, 0.15) is 0 Å². The van der Waals surface area contributed by atoms with E-state index in [0.29, 0.717) is 6.04 Å². The molecule has 114 valence electrons. The summed E-state index contributed by atoms with van der Waals surface area (Å²) in [5.41, 5.74) is 2.79. The van der Waals surface area contributed by atoms with Crippen molar-refractivity contribution in [3.8, 4) is 0 Å². The van der Waals surface area contributed by atoms with Crippen LogP contribution in [0.2, 0.25) is 0 Å². The second-order valence-corrected chi connectivity index (χ2v) is 8.41. The normalized spacial score (nSPS) is 12.6. The molecule has 0 saturated heterocycles. The van der Waals surface area contributed by atoms with Crippen molar-refractivity contribution >= 4 is 43.2 Å². The van der Waals surface area contributed by atoms with Gasteiger partial charge < -0.3 is 5.32 Å². The van der Waals surface area contributed by atoms with Crippen LogP contribution in [-0.4, -0.2) is 6.54 Å². The molecule has 1 N–H and O–H groups in total. The highest BCUT2D eigenvalue weighted by Gasteiger charge is 2.16. The molecule has 2 rings (SSSR count).